The zero-order chi connectivity index (χ0) is 14.5. The van der Waals surface area contributed by atoms with Crippen molar-refractivity contribution in [2.45, 2.75) is 65.3 Å². The molecule has 0 fully saturated rings. The second-order valence-corrected chi connectivity index (χ2v) is 5.13. The summed E-state index contributed by atoms with van der Waals surface area (Å²) in [6.07, 6.45) is 3.93. The Morgan fingerprint density at radius 1 is 0.737 bits per heavy atom. The molecule has 0 N–H and O–H groups in total. The molecule has 0 bridgehead atoms. The van der Waals surface area contributed by atoms with E-state index in [9.17, 15) is 0 Å². The molecule has 116 valence electrons. The largest absolute Gasteiger partial charge is 0.382 e. The molecule has 0 saturated carbocycles. The molecule has 3 atom stereocenters. The van der Waals surface area contributed by atoms with E-state index < -0.39 is 0 Å². The van der Waals surface area contributed by atoms with E-state index in [-0.39, 0.29) is 18.3 Å². The monoisotopic (exact) mass is 276 g/mol. The molecule has 0 radical (unpaired) electrons. The van der Waals surface area contributed by atoms with Gasteiger partial charge in [-0.15, -0.1) is 0 Å². The molecular weight excluding hydrogens is 244 g/mol. The normalized spacial score (nSPS) is 16.3. The second kappa shape index (κ2) is 12.9. The fourth-order valence-electron chi connectivity index (χ4n) is 1.62. The van der Waals surface area contributed by atoms with Crippen molar-refractivity contribution in [2.75, 3.05) is 33.5 Å². The van der Waals surface area contributed by atoms with Gasteiger partial charge in [-0.05, 0) is 27.2 Å². The van der Waals surface area contributed by atoms with Gasteiger partial charge < -0.3 is 18.9 Å². The third-order valence-corrected chi connectivity index (χ3v) is 2.78. The van der Waals surface area contributed by atoms with Crippen molar-refractivity contribution >= 4 is 0 Å². The minimum Gasteiger partial charge on any atom is -0.382 e. The molecule has 4 heteroatoms. The lowest BCUT2D eigenvalue weighted by Crippen LogP contribution is -2.26. The zero-order valence-corrected chi connectivity index (χ0v) is 13.3. The predicted molar refractivity (Wildman–Crippen MR) is 77.6 cm³/mol. The van der Waals surface area contributed by atoms with Gasteiger partial charge in [0.15, 0.2) is 0 Å². The average molecular weight is 276 g/mol. The lowest BCUT2D eigenvalue weighted by Gasteiger charge is -2.19. The maximum absolute atomic E-state index is 5.70. The molecule has 0 aromatic rings. The average Bonchev–Trinajstić information content (AvgIpc) is 2.39. The lowest BCUT2D eigenvalue weighted by molar-refractivity contribution is -0.0771. The Balaban J connectivity index is 3.47. The molecule has 0 saturated heterocycles. The van der Waals surface area contributed by atoms with Crippen LogP contribution >= 0.6 is 0 Å². The summed E-state index contributed by atoms with van der Waals surface area (Å²) in [5.41, 5.74) is 0. The maximum Gasteiger partial charge on any atom is 0.0781 e. The van der Waals surface area contributed by atoms with Gasteiger partial charge in [-0.3, -0.25) is 0 Å². The molecule has 0 aliphatic carbocycles. The number of rotatable bonds is 13. The second-order valence-electron chi connectivity index (χ2n) is 5.13. The van der Waals surface area contributed by atoms with Gasteiger partial charge in [0.05, 0.1) is 38.1 Å². The number of unbranched alkanes of at least 4 members (excludes halogenated alkanes) is 2. The molecule has 0 aliphatic heterocycles. The van der Waals surface area contributed by atoms with Crippen molar-refractivity contribution in [2.24, 2.45) is 0 Å². The van der Waals surface area contributed by atoms with Gasteiger partial charge in [-0.2, -0.15) is 0 Å². The standard InChI is InChI=1S/C15H32O4/c1-6-7-8-9-17-14(3)11-19-15(4)12-18-13(2)10-16-5/h13-15H,6-12H2,1-5H3. The number of hydrogen-bond acceptors (Lipinski definition) is 4. The first-order chi connectivity index (χ1) is 9.10. The van der Waals surface area contributed by atoms with E-state index >= 15 is 0 Å². The number of methoxy groups -OCH3 is 1. The maximum atomic E-state index is 5.70. The van der Waals surface area contributed by atoms with Crippen LogP contribution in [0.25, 0.3) is 0 Å². The summed E-state index contributed by atoms with van der Waals surface area (Å²) in [6, 6.07) is 0. The van der Waals surface area contributed by atoms with Crippen molar-refractivity contribution in [3.05, 3.63) is 0 Å². The van der Waals surface area contributed by atoms with E-state index in [2.05, 4.69) is 6.92 Å². The van der Waals surface area contributed by atoms with Crippen LogP contribution in [0.2, 0.25) is 0 Å². The van der Waals surface area contributed by atoms with E-state index in [0.29, 0.717) is 19.8 Å². The van der Waals surface area contributed by atoms with E-state index in [1.54, 1.807) is 7.11 Å². The Kier molecular flexibility index (Phi) is 12.7. The van der Waals surface area contributed by atoms with Crippen molar-refractivity contribution in [3.63, 3.8) is 0 Å². The Labute approximate surface area is 118 Å². The molecule has 0 spiro atoms. The highest BCUT2D eigenvalue weighted by Gasteiger charge is 2.09. The first-order valence-corrected chi connectivity index (χ1v) is 7.43. The van der Waals surface area contributed by atoms with E-state index in [1.165, 1.54) is 12.8 Å². The Hall–Kier alpha value is -0.160. The van der Waals surface area contributed by atoms with Crippen LogP contribution in [0.3, 0.4) is 0 Å². The van der Waals surface area contributed by atoms with Crippen molar-refractivity contribution in [1.29, 1.82) is 0 Å². The van der Waals surface area contributed by atoms with E-state index in [4.69, 9.17) is 18.9 Å². The van der Waals surface area contributed by atoms with Gasteiger partial charge in [0.1, 0.15) is 0 Å². The van der Waals surface area contributed by atoms with Crippen LogP contribution < -0.4 is 0 Å². The minimum atomic E-state index is 0.0843. The van der Waals surface area contributed by atoms with Crippen LogP contribution in [-0.4, -0.2) is 51.8 Å². The highest BCUT2D eigenvalue weighted by Crippen LogP contribution is 2.02. The van der Waals surface area contributed by atoms with E-state index in [0.717, 1.165) is 13.0 Å². The highest BCUT2D eigenvalue weighted by molar-refractivity contribution is 4.55. The minimum absolute atomic E-state index is 0.0843. The summed E-state index contributed by atoms with van der Waals surface area (Å²) in [6.45, 7) is 10.9. The SMILES string of the molecule is CCCCCOC(C)COC(C)COC(C)COC. The van der Waals surface area contributed by atoms with E-state index in [1.807, 2.05) is 20.8 Å². The van der Waals surface area contributed by atoms with Gasteiger partial charge in [-0.1, -0.05) is 19.8 Å². The molecular formula is C15H32O4. The van der Waals surface area contributed by atoms with Gasteiger partial charge in [0, 0.05) is 13.7 Å². The van der Waals surface area contributed by atoms with Crippen LogP contribution in [0.1, 0.15) is 47.0 Å². The summed E-state index contributed by atoms with van der Waals surface area (Å²) in [5.74, 6) is 0. The van der Waals surface area contributed by atoms with Gasteiger partial charge in [-0.25, -0.2) is 0 Å². The Morgan fingerprint density at radius 2 is 1.26 bits per heavy atom. The number of hydrogen-bond donors (Lipinski definition) is 0. The predicted octanol–water partition coefficient (Wildman–Crippen LogP) is 3.04. The molecule has 0 aromatic carbocycles. The topological polar surface area (TPSA) is 36.9 Å². The summed E-state index contributed by atoms with van der Waals surface area (Å²) < 4.78 is 22.0. The van der Waals surface area contributed by atoms with Gasteiger partial charge in [0.25, 0.3) is 0 Å². The summed E-state index contributed by atoms with van der Waals surface area (Å²) >= 11 is 0. The molecule has 4 nitrogen and oxygen atoms in total. The Bertz CT molecular complexity index is 187. The molecule has 19 heavy (non-hydrogen) atoms. The quantitative estimate of drug-likeness (QED) is 0.485. The van der Waals surface area contributed by atoms with Crippen LogP contribution in [0.15, 0.2) is 0 Å². The van der Waals surface area contributed by atoms with Crippen LogP contribution in [-0.2, 0) is 18.9 Å². The first kappa shape index (κ1) is 18.8. The smallest absolute Gasteiger partial charge is 0.0781 e. The highest BCUT2D eigenvalue weighted by atomic mass is 16.6. The first-order valence-electron chi connectivity index (χ1n) is 7.43. The summed E-state index contributed by atoms with van der Waals surface area (Å²) in [4.78, 5) is 0. The molecule has 0 aromatic heterocycles. The molecule has 3 unspecified atom stereocenters. The molecule has 0 rings (SSSR count). The summed E-state index contributed by atoms with van der Waals surface area (Å²) in [7, 11) is 1.68. The third-order valence-electron chi connectivity index (χ3n) is 2.78. The van der Waals surface area contributed by atoms with Crippen LogP contribution in [0.4, 0.5) is 0 Å². The zero-order valence-electron chi connectivity index (χ0n) is 13.3. The van der Waals surface area contributed by atoms with Gasteiger partial charge in [0.2, 0.25) is 0 Å². The molecule has 0 heterocycles. The van der Waals surface area contributed by atoms with Crippen molar-refractivity contribution < 1.29 is 18.9 Å². The fourth-order valence-corrected chi connectivity index (χ4v) is 1.62. The Morgan fingerprint density at radius 3 is 1.79 bits per heavy atom. The molecule has 0 aliphatic rings. The summed E-state index contributed by atoms with van der Waals surface area (Å²) in [5, 5.41) is 0. The molecule has 0 amide bonds. The van der Waals surface area contributed by atoms with Crippen molar-refractivity contribution in [3.8, 4) is 0 Å². The van der Waals surface area contributed by atoms with Crippen molar-refractivity contribution in [1.82, 2.24) is 0 Å². The van der Waals surface area contributed by atoms with Crippen LogP contribution in [0.5, 0.6) is 0 Å². The van der Waals surface area contributed by atoms with Gasteiger partial charge >= 0.3 is 0 Å². The fraction of sp³-hybridized carbons (Fsp3) is 1.00. The van der Waals surface area contributed by atoms with Crippen LogP contribution in [0, 0.1) is 0 Å². The lowest BCUT2D eigenvalue weighted by atomic mass is 10.3. The number of ether oxygens (including phenoxy) is 4. The third kappa shape index (κ3) is 12.6.